The van der Waals surface area contributed by atoms with Gasteiger partial charge in [0, 0.05) is 0 Å². The molecule has 0 radical (unpaired) electrons. The van der Waals surface area contributed by atoms with E-state index in [1.54, 1.807) is 0 Å². The van der Waals surface area contributed by atoms with Crippen LogP contribution in [-0.4, -0.2) is 42.5 Å². The van der Waals surface area contributed by atoms with Crippen LogP contribution in [0, 0.1) is 0 Å². The molecule has 3 rings (SSSR count). The first-order valence-corrected chi connectivity index (χ1v) is 5.88. The van der Waals surface area contributed by atoms with Gasteiger partial charge in [-0.3, -0.25) is 0 Å². The summed E-state index contributed by atoms with van der Waals surface area (Å²) < 4.78 is 23.3. The maximum atomic E-state index is 6.08. The Morgan fingerprint density at radius 1 is 1.25 bits per heavy atom. The molecule has 0 aliphatic carbocycles. The maximum absolute atomic E-state index is 6.08. The third-order valence-corrected chi connectivity index (χ3v) is 3.78. The number of fused-ring (bicyclic) bond motifs is 4. The van der Waals surface area contributed by atoms with Crippen LogP contribution in [0.4, 0.5) is 0 Å². The van der Waals surface area contributed by atoms with Gasteiger partial charge in [-0.2, -0.15) is 0 Å². The summed E-state index contributed by atoms with van der Waals surface area (Å²) in [7, 11) is 0. The Morgan fingerprint density at radius 2 is 2.00 bits per heavy atom. The van der Waals surface area contributed by atoms with E-state index in [4.69, 9.17) is 24.7 Å². The third-order valence-electron chi connectivity index (χ3n) is 3.78. The van der Waals surface area contributed by atoms with Crippen molar-refractivity contribution in [2.45, 2.75) is 63.1 Å². The quantitative estimate of drug-likeness (QED) is 0.703. The van der Waals surface area contributed by atoms with E-state index in [0.717, 1.165) is 6.42 Å². The Balaban J connectivity index is 1.95. The third kappa shape index (κ3) is 1.29. The first-order chi connectivity index (χ1) is 7.47. The van der Waals surface area contributed by atoms with Crippen molar-refractivity contribution < 1.29 is 18.9 Å². The molecule has 0 aromatic carbocycles. The summed E-state index contributed by atoms with van der Waals surface area (Å²) in [6, 6.07) is -0.269. The SMILES string of the molecule is CC[C@@]12COC(O1)[C@H](N)C1OC(C)(C)O[C@H]12. The maximum Gasteiger partial charge on any atom is 0.176 e. The van der Waals surface area contributed by atoms with Gasteiger partial charge in [0.25, 0.3) is 0 Å². The van der Waals surface area contributed by atoms with Gasteiger partial charge in [0.1, 0.15) is 17.8 Å². The van der Waals surface area contributed by atoms with E-state index in [1.165, 1.54) is 0 Å². The number of hydrogen-bond donors (Lipinski definition) is 1. The molecule has 5 heteroatoms. The summed E-state index contributed by atoms with van der Waals surface area (Å²) in [5.41, 5.74) is 5.71. The van der Waals surface area contributed by atoms with E-state index in [9.17, 15) is 0 Å². The highest BCUT2D eigenvalue weighted by Gasteiger charge is 2.64. The molecule has 0 aromatic rings. The molecule has 2 N–H and O–H groups in total. The van der Waals surface area contributed by atoms with Crippen molar-refractivity contribution in [1.29, 1.82) is 0 Å². The minimum Gasteiger partial charge on any atom is -0.348 e. The molecule has 0 amide bonds. The second-order valence-electron chi connectivity index (χ2n) is 5.31. The molecule has 3 heterocycles. The smallest absolute Gasteiger partial charge is 0.176 e. The normalized spacial score (nSPS) is 54.0. The van der Waals surface area contributed by atoms with Crippen molar-refractivity contribution in [2.24, 2.45) is 5.73 Å². The molecule has 0 aromatic heterocycles. The Morgan fingerprint density at radius 3 is 2.69 bits per heavy atom. The molecule has 16 heavy (non-hydrogen) atoms. The standard InChI is InChI=1S/C11H19NO4/c1-4-11-5-13-9(16-11)6(12)7-8(11)15-10(2,3)14-7/h6-9H,4-5,12H2,1-3H3/t6-,7?,8-,9?,11+/m1/s1. The average molecular weight is 229 g/mol. The van der Waals surface area contributed by atoms with Gasteiger partial charge in [0.15, 0.2) is 12.1 Å². The molecule has 3 saturated heterocycles. The minimum atomic E-state index is -0.580. The number of nitrogens with two attached hydrogens (primary N) is 1. The molecule has 3 fully saturated rings. The lowest BCUT2D eigenvalue weighted by Crippen LogP contribution is -2.61. The lowest BCUT2D eigenvalue weighted by molar-refractivity contribution is -0.193. The zero-order valence-electron chi connectivity index (χ0n) is 9.93. The molecule has 92 valence electrons. The van der Waals surface area contributed by atoms with Crippen molar-refractivity contribution in [1.82, 2.24) is 0 Å². The summed E-state index contributed by atoms with van der Waals surface area (Å²) >= 11 is 0. The Bertz CT molecular complexity index is 308. The molecule has 0 saturated carbocycles. The lowest BCUT2D eigenvalue weighted by atomic mass is 9.86. The van der Waals surface area contributed by atoms with Gasteiger partial charge in [-0.1, -0.05) is 6.92 Å². The average Bonchev–Trinajstić information content (AvgIpc) is 2.76. The van der Waals surface area contributed by atoms with Crippen LogP contribution in [0.15, 0.2) is 0 Å². The Labute approximate surface area is 95.2 Å². The van der Waals surface area contributed by atoms with Crippen LogP contribution in [-0.2, 0) is 18.9 Å². The van der Waals surface area contributed by atoms with Crippen molar-refractivity contribution in [2.75, 3.05) is 6.61 Å². The molecule has 3 aliphatic heterocycles. The van der Waals surface area contributed by atoms with Crippen LogP contribution in [0.3, 0.4) is 0 Å². The van der Waals surface area contributed by atoms with Crippen molar-refractivity contribution in [3.63, 3.8) is 0 Å². The summed E-state index contributed by atoms with van der Waals surface area (Å²) in [6.07, 6.45) is 0.243. The largest absolute Gasteiger partial charge is 0.348 e. The van der Waals surface area contributed by atoms with Gasteiger partial charge in [-0.05, 0) is 20.3 Å². The van der Waals surface area contributed by atoms with Gasteiger partial charge in [-0.15, -0.1) is 0 Å². The predicted octanol–water partition coefficient (Wildman–Crippen LogP) is 0.369. The van der Waals surface area contributed by atoms with Crippen LogP contribution in [0.2, 0.25) is 0 Å². The predicted molar refractivity (Wildman–Crippen MR) is 55.6 cm³/mol. The molecular formula is C11H19NO4. The molecular weight excluding hydrogens is 210 g/mol. The summed E-state index contributed by atoms with van der Waals surface area (Å²) in [4.78, 5) is 0. The van der Waals surface area contributed by atoms with E-state index >= 15 is 0 Å². The van der Waals surface area contributed by atoms with Gasteiger partial charge in [0.05, 0.1) is 12.6 Å². The van der Waals surface area contributed by atoms with Crippen LogP contribution in [0.25, 0.3) is 0 Å². The Hall–Kier alpha value is -0.200. The van der Waals surface area contributed by atoms with Crippen molar-refractivity contribution >= 4 is 0 Å². The van der Waals surface area contributed by atoms with E-state index in [2.05, 4.69) is 6.92 Å². The number of rotatable bonds is 1. The van der Waals surface area contributed by atoms with Crippen molar-refractivity contribution in [3.05, 3.63) is 0 Å². The van der Waals surface area contributed by atoms with Gasteiger partial charge in [-0.25, -0.2) is 0 Å². The molecule has 0 spiro atoms. The van der Waals surface area contributed by atoms with Gasteiger partial charge in [0.2, 0.25) is 0 Å². The molecule has 2 unspecified atom stereocenters. The monoisotopic (exact) mass is 229 g/mol. The Kier molecular flexibility index (Phi) is 2.17. The second-order valence-corrected chi connectivity index (χ2v) is 5.31. The first-order valence-electron chi connectivity index (χ1n) is 5.88. The van der Waals surface area contributed by atoms with E-state index < -0.39 is 5.79 Å². The lowest BCUT2D eigenvalue weighted by Gasteiger charge is -2.40. The molecule has 5 atom stereocenters. The number of ether oxygens (including phenoxy) is 4. The highest BCUT2D eigenvalue weighted by molar-refractivity contribution is 5.08. The fraction of sp³-hybridized carbons (Fsp3) is 1.00. The highest BCUT2D eigenvalue weighted by atomic mass is 16.8. The zero-order valence-corrected chi connectivity index (χ0v) is 9.93. The molecule has 5 nitrogen and oxygen atoms in total. The summed E-state index contributed by atoms with van der Waals surface area (Å²) in [6.45, 7) is 6.45. The van der Waals surface area contributed by atoms with Crippen LogP contribution < -0.4 is 5.73 Å². The van der Waals surface area contributed by atoms with Crippen molar-refractivity contribution in [3.8, 4) is 0 Å². The highest BCUT2D eigenvalue weighted by Crippen LogP contribution is 2.46. The van der Waals surface area contributed by atoms with Crippen LogP contribution in [0.5, 0.6) is 0 Å². The van der Waals surface area contributed by atoms with Gasteiger partial charge < -0.3 is 24.7 Å². The minimum absolute atomic E-state index is 0.124. The fourth-order valence-corrected chi connectivity index (χ4v) is 2.88. The molecule has 2 bridgehead atoms. The topological polar surface area (TPSA) is 62.9 Å². The zero-order chi connectivity index (χ0) is 11.6. The first kappa shape index (κ1) is 10.9. The van der Waals surface area contributed by atoms with E-state index in [0.29, 0.717) is 6.61 Å². The van der Waals surface area contributed by atoms with Crippen LogP contribution in [0.1, 0.15) is 27.2 Å². The summed E-state index contributed by atoms with van der Waals surface area (Å²) in [5.74, 6) is -0.580. The summed E-state index contributed by atoms with van der Waals surface area (Å²) in [5, 5.41) is 0. The van der Waals surface area contributed by atoms with Crippen LogP contribution >= 0.6 is 0 Å². The van der Waals surface area contributed by atoms with E-state index in [-0.39, 0.29) is 30.1 Å². The molecule has 3 aliphatic rings. The van der Waals surface area contributed by atoms with E-state index in [1.807, 2.05) is 13.8 Å². The fourth-order valence-electron chi connectivity index (χ4n) is 2.88. The van der Waals surface area contributed by atoms with Gasteiger partial charge >= 0.3 is 0 Å². The number of hydrogen-bond acceptors (Lipinski definition) is 5. The second kappa shape index (κ2) is 3.17.